The van der Waals surface area contributed by atoms with Crippen LogP contribution in [0.3, 0.4) is 0 Å². The summed E-state index contributed by atoms with van der Waals surface area (Å²) in [4.78, 5) is 38.2. The third kappa shape index (κ3) is 5.99. The number of allylic oxidation sites excluding steroid dienone is 1. The van der Waals surface area contributed by atoms with Crippen LogP contribution in [0, 0.1) is 5.92 Å². The molecule has 1 aliphatic carbocycles. The SMILES string of the molecule is COc1ccc2c(O[C@@H]3C[C@H]4C(=O)N[C@@H]5C[C@H]5/C=C\CCCCCC(=O)N4C3)cc(-c3nc(C(C)C)cs3)nc2c1Cl. The first kappa shape index (κ1) is 28.9. The number of fused-ring (bicyclic) bond motifs is 3. The number of rotatable bonds is 5. The molecular weight excluding hydrogens is 572 g/mol. The highest BCUT2D eigenvalue weighted by molar-refractivity contribution is 7.13. The Morgan fingerprint density at radius 3 is 2.76 bits per heavy atom. The Labute approximate surface area is 255 Å². The van der Waals surface area contributed by atoms with Crippen LogP contribution in [-0.2, 0) is 9.59 Å². The van der Waals surface area contributed by atoms with Crippen molar-refractivity contribution in [1.82, 2.24) is 20.2 Å². The molecule has 0 spiro atoms. The molecule has 4 atom stereocenters. The van der Waals surface area contributed by atoms with Gasteiger partial charge in [0.2, 0.25) is 11.8 Å². The van der Waals surface area contributed by atoms with Gasteiger partial charge in [0, 0.05) is 35.7 Å². The molecule has 1 aromatic carbocycles. The highest BCUT2D eigenvalue weighted by Gasteiger charge is 2.44. The minimum absolute atomic E-state index is 0.0123. The minimum Gasteiger partial charge on any atom is -0.495 e. The molecule has 1 saturated carbocycles. The van der Waals surface area contributed by atoms with E-state index in [4.69, 9.17) is 31.0 Å². The lowest BCUT2D eigenvalue weighted by Crippen LogP contribution is -2.46. The molecule has 0 unspecified atom stereocenters. The number of hydrogen-bond donors (Lipinski definition) is 1. The molecule has 6 rings (SSSR count). The molecular formula is C32H37ClN4O4S. The molecule has 10 heteroatoms. The maximum Gasteiger partial charge on any atom is 0.243 e. The van der Waals surface area contributed by atoms with E-state index in [-0.39, 0.29) is 24.0 Å². The van der Waals surface area contributed by atoms with Gasteiger partial charge in [-0.25, -0.2) is 9.97 Å². The van der Waals surface area contributed by atoms with Gasteiger partial charge in [0.1, 0.15) is 39.4 Å². The summed E-state index contributed by atoms with van der Waals surface area (Å²) < 4.78 is 12.1. The first-order valence-electron chi connectivity index (χ1n) is 14.9. The molecule has 2 fully saturated rings. The van der Waals surface area contributed by atoms with Gasteiger partial charge in [-0.15, -0.1) is 11.3 Å². The van der Waals surface area contributed by atoms with Crippen molar-refractivity contribution in [2.75, 3.05) is 13.7 Å². The molecule has 2 aromatic heterocycles. The highest BCUT2D eigenvalue weighted by atomic mass is 35.5. The van der Waals surface area contributed by atoms with Crippen molar-refractivity contribution in [1.29, 1.82) is 0 Å². The number of ether oxygens (including phenoxy) is 2. The van der Waals surface area contributed by atoms with Crippen LogP contribution in [0.4, 0.5) is 0 Å². The van der Waals surface area contributed by atoms with E-state index in [0.29, 0.717) is 59.0 Å². The lowest BCUT2D eigenvalue weighted by Gasteiger charge is -2.24. The van der Waals surface area contributed by atoms with Crippen molar-refractivity contribution in [2.45, 2.75) is 82.9 Å². The molecule has 0 radical (unpaired) electrons. The average molecular weight is 609 g/mol. The van der Waals surface area contributed by atoms with Crippen molar-refractivity contribution in [3.8, 4) is 22.2 Å². The summed E-state index contributed by atoms with van der Waals surface area (Å²) in [6.07, 6.45) is 9.82. The van der Waals surface area contributed by atoms with Gasteiger partial charge in [0.25, 0.3) is 0 Å². The number of hydrogen-bond acceptors (Lipinski definition) is 7. The van der Waals surface area contributed by atoms with Crippen molar-refractivity contribution in [3.63, 3.8) is 0 Å². The first-order valence-corrected chi connectivity index (χ1v) is 16.1. The largest absolute Gasteiger partial charge is 0.495 e. The summed E-state index contributed by atoms with van der Waals surface area (Å²) in [5.74, 6) is 1.72. The average Bonchev–Trinajstić information content (AvgIpc) is 3.34. The van der Waals surface area contributed by atoms with E-state index in [1.807, 2.05) is 17.5 Å². The van der Waals surface area contributed by atoms with Gasteiger partial charge in [0.05, 0.1) is 24.9 Å². The molecule has 3 aromatic rings. The summed E-state index contributed by atoms with van der Waals surface area (Å²) in [6, 6.07) is 5.17. The molecule has 8 nitrogen and oxygen atoms in total. The zero-order chi connectivity index (χ0) is 29.4. The number of benzene rings is 1. The highest BCUT2D eigenvalue weighted by Crippen LogP contribution is 2.40. The third-order valence-corrected chi connectivity index (χ3v) is 9.64. The smallest absolute Gasteiger partial charge is 0.243 e. The van der Waals surface area contributed by atoms with Gasteiger partial charge in [-0.05, 0) is 49.7 Å². The van der Waals surface area contributed by atoms with E-state index < -0.39 is 6.04 Å². The normalized spacial score (nSPS) is 25.5. The number of thiazole rings is 1. The molecule has 4 heterocycles. The van der Waals surface area contributed by atoms with Gasteiger partial charge < -0.3 is 19.7 Å². The van der Waals surface area contributed by atoms with Gasteiger partial charge in [-0.3, -0.25) is 9.59 Å². The van der Waals surface area contributed by atoms with Crippen LogP contribution in [0.15, 0.2) is 35.7 Å². The van der Waals surface area contributed by atoms with Crippen molar-refractivity contribution >= 4 is 45.7 Å². The first-order chi connectivity index (χ1) is 20.3. The van der Waals surface area contributed by atoms with Crippen molar-refractivity contribution in [2.24, 2.45) is 5.92 Å². The van der Waals surface area contributed by atoms with Gasteiger partial charge in [-0.1, -0.05) is 44.0 Å². The number of carbonyl (C=O) groups is 2. The second-order valence-corrected chi connectivity index (χ2v) is 13.0. The lowest BCUT2D eigenvalue weighted by atomic mass is 10.1. The number of carbonyl (C=O) groups excluding carboxylic acids is 2. The number of nitrogens with zero attached hydrogens (tertiary/aromatic N) is 3. The summed E-state index contributed by atoms with van der Waals surface area (Å²) in [5, 5.41) is 7.14. The fraction of sp³-hybridized carbons (Fsp3) is 0.500. The summed E-state index contributed by atoms with van der Waals surface area (Å²) in [7, 11) is 1.57. The van der Waals surface area contributed by atoms with E-state index >= 15 is 0 Å². The second-order valence-electron chi connectivity index (χ2n) is 11.8. The number of methoxy groups -OCH3 is 1. The standard InChI is InChI=1S/C32H37ClN4O4S/c1-18(2)24-17-42-32(36-24)23-15-27(21-11-12-26(40-3)29(33)30(21)34-23)41-20-14-25-31(39)35-22-13-19(22)9-7-5-4-6-8-10-28(38)37(25)16-20/h7,9,11-12,15,17-20,22,25H,4-6,8,10,13-14,16H2,1-3H3,(H,35,39)/b9-7-/t19-,20-,22-,25+/m1/s1. The van der Waals surface area contributed by atoms with E-state index in [1.165, 1.54) is 11.3 Å². The van der Waals surface area contributed by atoms with Crippen LogP contribution in [0.2, 0.25) is 5.02 Å². The molecule has 42 heavy (non-hydrogen) atoms. The Morgan fingerprint density at radius 1 is 1.12 bits per heavy atom. The van der Waals surface area contributed by atoms with E-state index in [2.05, 4.69) is 31.3 Å². The molecule has 2 aliphatic heterocycles. The quantitative estimate of drug-likeness (QED) is 0.332. The Hall–Kier alpha value is -3.17. The van der Waals surface area contributed by atoms with Crippen LogP contribution in [0.1, 0.15) is 70.4 Å². The van der Waals surface area contributed by atoms with Crippen molar-refractivity contribution in [3.05, 3.63) is 46.4 Å². The van der Waals surface area contributed by atoms with E-state index in [1.54, 1.807) is 18.1 Å². The van der Waals surface area contributed by atoms with Crippen LogP contribution in [-0.4, -0.2) is 58.5 Å². The summed E-state index contributed by atoms with van der Waals surface area (Å²) >= 11 is 8.28. The Bertz CT molecular complexity index is 1520. The Kier molecular flexibility index (Phi) is 8.41. The van der Waals surface area contributed by atoms with Gasteiger partial charge in [0.15, 0.2) is 0 Å². The van der Waals surface area contributed by atoms with Crippen molar-refractivity contribution < 1.29 is 19.1 Å². The predicted octanol–water partition coefficient (Wildman–Crippen LogP) is 6.52. The zero-order valence-electron chi connectivity index (χ0n) is 24.3. The molecule has 222 valence electrons. The molecule has 0 bridgehead atoms. The maximum atomic E-state index is 13.4. The van der Waals surface area contributed by atoms with Crippen LogP contribution in [0.5, 0.6) is 11.5 Å². The summed E-state index contributed by atoms with van der Waals surface area (Å²) in [6.45, 7) is 4.56. The van der Waals surface area contributed by atoms with Crippen LogP contribution >= 0.6 is 22.9 Å². The third-order valence-electron chi connectivity index (χ3n) is 8.39. The lowest BCUT2D eigenvalue weighted by molar-refractivity contribution is -0.138. The number of amides is 2. The fourth-order valence-corrected chi connectivity index (χ4v) is 7.06. The zero-order valence-corrected chi connectivity index (χ0v) is 25.8. The molecule has 3 aliphatic rings. The topological polar surface area (TPSA) is 93.6 Å². The molecule has 1 N–H and O–H groups in total. The number of pyridine rings is 1. The Morgan fingerprint density at radius 2 is 1.98 bits per heavy atom. The van der Waals surface area contributed by atoms with Gasteiger partial charge in [-0.2, -0.15) is 0 Å². The maximum absolute atomic E-state index is 13.4. The van der Waals surface area contributed by atoms with Gasteiger partial charge >= 0.3 is 0 Å². The second kappa shape index (κ2) is 12.2. The van der Waals surface area contributed by atoms with Crippen LogP contribution in [0.25, 0.3) is 21.6 Å². The van der Waals surface area contributed by atoms with E-state index in [9.17, 15) is 9.59 Å². The number of halogens is 1. The summed E-state index contributed by atoms with van der Waals surface area (Å²) in [5.41, 5.74) is 2.21. The molecule has 2 amide bonds. The Balaban J connectivity index is 1.31. The minimum atomic E-state index is -0.556. The predicted molar refractivity (Wildman–Crippen MR) is 165 cm³/mol. The number of aromatic nitrogens is 2. The van der Waals surface area contributed by atoms with Crippen LogP contribution < -0.4 is 14.8 Å². The molecule has 1 saturated heterocycles. The number of nitrogens with one attached hydrogen (secondary N) is 1. The van der Waals surface area contributed by atoms with E-state index in [0.717, 1.165) is 48.2 Å². The fourth-order valence-electron chi connectivity index (χ4n) is 5.83. The monoisotopic (exact) mass is 608 g/mol.